The largest absolute Gasteiger partial charge is 0.315 e. The summed E-state index contributed by atoms with van der Waals surface area (Å²) in [7, 11) is -1.14. The van der Waals surface area contributed by atoms with Gasteiger partial charge < -0.3 is 5.32 Å². The van der Waals surface area contributed by atoms with Crippen LogP contribution < -0.4 is 5.32 Å². The molecule has 0 aromatic rings. The van der Waals surface area contributed by atoms with E-state index in [4.69, 9.17) is 0 Å². The van der Waals surface area contributed by atoms with Crippen LogP contribution in [0.3, 0.4) is 0 Å². The van der Waals surface area contributed by atoms with Crippen LogP contribution in [0.4, 0.5) is 0 Å². The normalized spacial score (nSPS) is 21.9. The molecule has 0 bridgehead atoms. The highest BCUT2D eigenvalue weighted by atomic mass is 32.2. The van der Waals surface area contributed by atoms with Crippen molar-refractivity contribution >= 4 is 9.84 Å². The van der Waals surface area contributed by atoms with Crippen molar-refractivity contribution in [3.8, 4) is 0 Å². The summed E-state index contributed by atoms with van der Waals surface area (Å²) in [6.45, 7) is 3.67. The van der Waals surface area contributed by atoms with Crippen molar-refractivity contribution < 1.29 is 8.42 Å². The van der Waals surface area contributed by atoms with E-state index in [0.717, 1.165) is 12.8 Å². The summed E-state index contributed by atoms with van der Waals surface area (Å²) in [4.78, 5) is 0. The second-order valence-corrected chi connectivity index (χ2v) is 7.78. The minimum absolute atomic E-state index is 0.0787. The van der Waals surface area contributed by atoms with E-state index in [9.17, 15) is 8.42 Å². The van der Waals surface area contributed by atoms with Gasteiger partial charge >= 0.3 is 0 Å². The van der Waals surface area contributed by atoms with Crippen molar-refractivity contribution in [2.75, 3.05) is 13.3 Å². The highest BCUT2D eigenvalue weighted by Gasteiger charge is 2.42. The second kappa shape index (κ2) is 4.42. The Bertz CT molecular complexity index is 303. The lowest BCUT2D eigenvalue weighted by molar-refractivity contribution is 0.314. The van der Waals surface area contributed by atoms with Crippen LogP contribution in [-0.4, -0.2) is 32.5 Å². The molecule has 0 aromatic carbocycles. The fraction of sp³-hybridized carbons (Fsp3) is 1.00. The molecule has 3 nitrogen and oxygen atoms in total. The summed E-state index contributed by atoms with van der Waals surface area (Å²) in [5.41, 5.74) is 0. The van der Waals surface area contributed by atoms with Gasteiger partial charge in [0.25, 0.3) is 0 Å². The van der Waals surface area contributed by atoms with Gasteiger partial charge in [0.2, 0.25) is 0 Å². The van der Waals surface area contributed by atoms with E-state index < -0.39 is 14.6 Å². The molecule has 90 valence electrons. The Labute approximate surface area is 93.6 Å². The summed E-state index contributed by atoms with van der Waals surface area (Å²) in [6.07, 6.45) is 6.13. The molecule has 1 unspecified atom stereocenters. The molecule has 0 radical (unpaired) electrons. The van der Waals surface area contributed by atoms with Crippen LogP contribution in [0.1, 0.15) is 39.5 Å². The van der Waals surface area contributed by atoms with Gasteiger partial charge in [-0.2, -0.15) is 0 Å². The summed E-state index contributed by atoms with van der Waals surface area (Å²) < 4.78 is 22.9. The highest BCUT2D eigenvalue weighted by molar-refractivity contribution is 7.92. The highest BCUT2D eigenvalue weighted by Crippen LogP contribution is 2.35. The summed E-state index contributed by atoms with van der Waals surface area (Å²) in [6, 6.07) is 0.0787. The Morgan fingerprint density at radius 3 is 2.07 bits per heavy atom. The van der Waals surface area contributed by atoms with Gasteiger partial charge in [-0.3, -0.25) is 0 Å². The van der Waals surface area contributed by atoms with Gasteiger partial charge in [0.1, 0.15) is 0 Å². The van der Waals surface area contributed by atoms with E-state index in [1.54, 1.807) is 0 Å². The summed E-state index contributed by atoms with van der Waals surface area (Å²) >= 11 is 0. The molecule has 0 spiro atoms. The van der Waals surface area contributed by atoms with Crippen molar-refractivity contribution in [2.24, 2.45) is 5.92 Å². The molecule has 1 saturated carbocycles. The first-order valence-corrected chi connectivity index (χ1v) is 7.56. The maximum absolute atomic E-state index is 11.8. The zero-order chi connectivity index (χ0) is 11.7. The van der Waals surface area contributed by atoms with E-state index in [0.29, 0.717) is 5.92 Å². The van der Waals surface area contributed by atoms with E-state index in [1.807, 2.05) is 20.9 Å². The first-order chi connectivity index (χ1) is 6.80. The van der Waals surface area contributed by atoms with Crippen molar-refractivity contribution in [1.82, 2.24) is 5.32 Å². The van der Waals surface area contributed by atoms with Crippen LogP contribution in [0.5, 0.6) is 0 Å². The molecule has 1 N–H and O–H groups in total. The van der Waals surface area contributed by atoms with Crippen LogP contribution in [0.15, 0.2) is 0 Å². The maximum atomic E-state index is 11.8. The van der Waals surface area contributed by atoms with Crippen molar-refractivity contribution in [3.05, 3.63) is 0 Å². The molecule has 1 atom stereocenters. The quantitative estimate of drug-likeness (QED) is 0.802. The Hall–Kier alpha value is -0.0900. The molecule has 0 heterocycles. The molecule has 1 fully saturated rings. The molecular formula is C11H23NO2S. The summed E-state index contributed by atoms with van der Waals surface area (Å²) in [5.74, 6) is 0.514. The van der Waals surface area contributed by atoms with Crippen LogP contribution >= 0.6 is 0 Å². The zero-order valence-electron chi connectivity index (χ0n) is 10.2. The van der Waals surface area contributed by atoms with Gasteiger partial charge in [0.15, 0.2) is 9.84 Å². The van der Waals surface area contributed by atoms with Crippen molar-refractivity contribution in [3.63, 3.8) is 0 Å². The number of nitrogens with one attached hydrogen (secondary N) is 1. The first kappa shape index (κ1) is 13.0. The summed E-state index contributed by atoms with van der Waals surface area (Å²) in [5, 5.41) is 3.21. The minimum Gasteiger partial charge on any atom is -0.315 e. The third kappa shape index (κ3) is 2.53. The molecule has 15 heavy (non-hydrogen) atoms. The molecular weight excluding hydrogens is 210 g/mol. The van der Waals surface area contributed by atoms with Crippen LogP contribution in [0, 0.1) is 5.92 Å². The Kier molecular flexibility index (Phi) is 3.82. The number of rotatable bonds is 4. The third-order valence-electron chi connectivity index (χ3n) is 3.89. The number of sulfone groups is 1. The lowest BCUT2D eigenvalue weighted by Gasteiger charge is -2.36. The van der Waals surface area contributed by atoms with Gasteiger partial charge in [-0.05, 0) is 39.7 Å². The smallest absolute Gasteiger partial charge is 0.154 e. The predicted octanol–water partition coefficient (Wildman–Crippen LogP) is 1.59. The third-order valence-corrected chi connectivity index (χ3v) is 6.05. The fourth-order valence-corrected chi connectivity index (χ4v) is 3.44. The fourth-order valence-electron chi connectivity index (χ4n) is 2.67. The Morgan fingerprint density at radius 1 is 1.27 bits per heavy atom. The molecule has 0 aromatic heterocycles. The molecule has 0 aliphatic heterocycles. The monoisotopic (exact) mass is 233 g/mol. The average molecular weight is 233 g/mol. The predicted molar refractivity (Wildman–Crippen MR) is 63.7 cm³/mol. The van der Waals surface area contributed by atoms with Crippen LogP contribution in [-0.2, 0) is 9.84 Å². The van der Waals surface area contributed by atoms with Gasteiger partial charge in [0.05, 0.1) is 4.75 Å². The molecule has 0 saturated heterocycles. The van der Waals surface area contributed by atoms with Crippen LogP contribution in [0.25, 0.3) is 0 Å². The van der Waals surface area contributed by atoms with Gasteiger partial charge in [-0.1, -0.05) is 12.8 Å². The standard InChI is InChI=1S/C11H23NO2S/c1-11(2,15(4,13)14)10(12-3)9-7-5-6-8-9/h9-10,12H,5-8H2,1-4H3. The average Bonchev–Trinajstić information content (AvgIpc) is 2.55. The molecule has 1 rings (SSSR count). The van der Waals surface area contributed by atoms with Gasteiger partial charge in [-0.15, -0.1) is 0 Å². The molecule has 0 amide bonds. The van der Waals surface area contributed by atoms with Crippen molar-refractivity contribution in [2.45, 2.75) is 50.3 Å². The Morgan fingerprint density at radius 2 is 1.73 bits per heavy atom. The van der Waals surface area contributed by atoms with Crippen molar-refractivity contribution in [1.29, 1.82) is 0 Å². The lowest BCUT2D eigenvalue weighted by Crippen LogP contribution is -2.53. The molecule has 1 aliphatic rings. The molecule has 4 heteroatoms. The lowest BCUT2D eigenvalue weighted by atomic mass is 9.88. The number of hydrogen-bond acceptors (Lipinski definition) is 3. The minimum atomic E-state index is -3.01. The number of hydrogen-bond donors (Lipinski definition) is 1. The first-order valence-electron chi connectivity index (χ1n) is 5.67. The zero-order valence-corrected chi connectivity index (χ0v) is 11.0. The Balaban J connectivity index is 2.90. The van der Waals surface area contributed by atoms with E-state index in [2.05, 4.69) is 5.32 Å². The van der Waals surface area contributed by atoms with E-state index in [1.165, 1.54) is 19.1 Å². The second-order valence-electron chi connectivity index (χ2n) is 5.19. The van der Waals surface area contributed by atoms with Gasteiger partial charge in [-0.25, -0.2) is 8.42 Å². The maximum Gasteiger partial charge on any atom is 0.154 e. The van der Waals surface area contributed by atoms with E-state index in [-0.39, 0.29) is 6.04 Å². The van der Waals surface area contributed by atoms with E-state index >= 15 is 0 Å². The van der Waals surface area contributed by atoms with Crippen LogP contribution in [0.2, 0.25) is 0 Å². The molecule has 1 aliphatic carbocycles. The SMILES string of the molecule is CNC(C1CCCC1)C(C)(C)S(C)(=O)=O. The topological polar surface area (TPSA) is 46.2 Å². The van der Waals surface area contributed by atoms with Gasteiger partial charge in [0, 0.05) is 12.3 Å².